The molecule has 0 N–H and O–H groups in total. The summed E-state index contributed by atoms with van der Waals surface area (Å²) in [5.41, 5.74) is 1.01. The van der Waals surface area contributed by atoms with Gasteiger partial charge in [-0.25, -0.2) is 9.50 Å². The van der Waals surface area contributed by atoms with E-state index in [0.29, 0.717) is 6.04 Å². The fourth-order valence-electron chi connectivity index (χ4n) is 2.20. The van der Waals surface area contributed by atoms with Crippen LogP contribution in [0.5, 0.6) is 0 Å². The molecule has 4 heterocycles. The molecule has 4 rings (SSSR count). The lowest BCUT2D eigenvalue weighted by Gasteiger charge is -2.38. The van der Waals surface area contributed by atoms with Crippen molar-refractivity contribution in [1.29, 1.82) is 0 Å². The third-order valence-electron chi connectivity index (χ3n) is 3.18. The molecule has 18 heavy (non-hydrogen) atoms. The Morgan fingerprint density at radius 1 is 1.39 bits per heavy atom. The first-order chi connectivity index (χ1) is 8.79. The fraction of sp³-hybridized carbons (Fsp3) is 0.364. The van der Waals surface area contributed by atoms with E-state index < -0.39 is 0 Å². The zero-order valence-corrected chi connectivity index (χ0v) is 10.7. The third kappa shape index (κ3) is 1.43. The monoisotopic (exact) mass is 260 g/mol. The Bertz CT molecular complexity index is 644. The second-order valence-corrected chi connectivity index (χ2v) is 5.47. The zero-order chi connectivity index (χ0) is 12.1. The maximum atomic E-state index is 4.54. The first kappa shape index (κ1) is 10.1. The third-order valence-corrected chi connectivity index (χ3v) is 4.17. The van der Waals surface area contributed by atoms with Crippen LogP contribution in [0.4, 0.5) is 5.13 Å². The molecule has 0 aromatic carbocycles. The van der Waals surface area contributed by atoms with Crippen molar-refractivity contribution >= 4 is 21.4 Å². The predicted octanol–water partition coefficient (Wildman–Crippen LogP) is 1.36. The van der Waals surface area contributed by atoms with Crippen molar-refractivity contribution in [2.24, 2.45) is 0 Å². The Morgan fingerprint density at radius 2 is 2.28 bits per heavy atom. The number of hydrogen-bond acceptors (Lipinski definition) is 5. The van der Waals surface area contributed by atoms with Crippen LogP contribution < -0.4 is 4.90 Å². The Morgan fingerprint density at radius 3 is 3.00 bits per heavy atom. The number of aryl methyl sites for hydroxylation is 1. The molecule has 0 spiro atoms. The molecule has 3 aromatic heterocycles. The smallest absolute Gasteiger partial charge is 0.214 e. The Hall–Kier alpha value is -1.89. The van der Waals surface area contributed by atoms with E-state index in [4.69, 9.17) is 0 Å². The topological polar surface area (TPSA) is 51.2 Å². The highest BCUT2D eigenvalue weighted by molar-refractivity contribution is 7.20. The molecule has 0 saturated carbocycles. The lowest BCUT2D eigenvalue weighted by atomic mass is 10.1. The maximum absolute atomic E-state index is 4.54. The van der Waals surface area contributed by atoms with Crippen molar-refractivity contribution in [3.8, 4) is 0 Å². The van der Waals surface area contributed by atoms with Crippen molar-refractivity contribution in [2.75, 3.05) is 18.0 Å². The summed E-state index contributed by atoms with van der Waals surface area (Å²) < 4.78 is 3.87. The summed E-state index contributed by atoms with van der Waals surface area (Å²) in [6, 6.07) is 2.43. The molecular formula is C11H12N6S. The molecular weight excluding hydrogens is 248 g/mol. The van der Waals surface area contributed by atoms with Gasteiger partial charge in [-0.2, -0.15) is 5.10 Å². The van der Waals surface area contributed by atoms with Crippen LogP contribution in [0.1, 0.15) is 11.7 Å². The largest absolute Gasteiger partial charge is 0.342 e. The first-order valence-electron chi connectivity index (χ1n) is 5.86. The lowest BCUT2D eigenvalue weighted by molar-refractivity contribution is 0.367. The van der Waals surface area contributed by atoms with E-state index >= 15 is 0 Å². The van der Waals surface area contributed by atoms with Crippen molar-refractivity contribution in [2.45, 2.75) is 13.0 Å². The number of aromatic nitrogens is 5. The van der Waals surface area contributed by atoms with Gasteiger partial charge in [0.05, 0.1) is 17.9 Å². The summed E-state index contributed by atoms with van der Waals surface area (Å²) in [6.45, 7) is 3.92. The lowest BCUT2D eigenvalue weighted by Crippen LogP contribution is -2.48. The molecule has 92 valence electrons. The summed E-state index contributed by atoms with van der Waals surface area (Å²) in [4.78, 5) is 7.65. The Balaban J connectivity index is 1.54. The van der Waals surface area contributed by atoms with Gasteiger partial charge in [0.1, 0.15) is 0 Å². The summed E-state index contributed by atoms with van der Waals surface area (Å²) in [5.74, 6) is 0. The number of imidazole rings is 1. The van der Waals surface area contributed by atoms with Gasteiger partial charge in [0.15, 0.2) is 0 Å². The molecule has 1 fully saturated rings. The summed E-state index contributed by atoms with van der Waals surface area (Å²) in [5, 5.41) is 9.85. The quantitative estimate of drug-likeness (QED) is 0.698. The van der Waals surface area contributed by atoms with Gasteiger partial charge in [0.25, 0.3) is 0 Å². The highest BCUT2D eigenvalue weighted by Gasteiger charge is 2.31. The minimum atomic E-state index is 0.470. The van der Waals surface area contributed by atoms with Crippen LogP contribution >= 0.6 is 11.3 Å². The van der Waals surface area contributed by atoms with Crippen LogP contribution in [0.3, 0.4) is 0 Å². The molecule has 1 aliphatic rings. The van der Waals surface area contributed by atoms with Gasteiger partial charge in [0, 0.05) is 25.5 Å². The second-order valence-electron chi connectivity index (χ2n) is 4.54. The summed E-state index contributed by atoms with van der Waals surface area (Å²) >= 11 is 1.64. The van der Waals surface area contributed by atoms with Crippen LogP contribution in [0.25, 0.3) is 4.96 Å². The Labute approximate surface area is 107 Å². The molecule has 0 unspecified atom stereocenters. The molecule has 0 aliphatic carbocycles. The van der Waals surface area contributed by atoms with E-state index in [9.17, 15) is 0 Å². The van der Waals surface area contributed by atoms with E-state index in [0.717, 1.165) is 28.9 Å². The van der Waals surface area contributed by atoms with Gasteiger partial charge in [-0.15, -0.1) is 5.10 Å². The number of nitrogens with zero attached hydrogens (tertiary/aromatic N) is 6. The van der Waals surface area contributed by atoms with Crippen molar-refractivity contribution in [3.63, 3.8) is 0 Å². The second kappa shape index (κ2) is 3.55. The van der Waals surface area contributed by atoms with E-state index in [2.05, 4.69) is 20.1 Å². The maximum Gasteiger partial charge on any atom is 0.214 e. The number of fused-ring (bicyclic) bond motifs is 1. The molecule has 6 nitrogen and oxygen atoms in total. The minimum absolute atomic E-state index is 0.470. The SMILES string of the molecule is Cc1cn2nc(N3CC(n4cccn4)C3)sc2n1. The van der Waals surface area contributed by atoms with Crippen molar-refractivity contribution < 1.29 is 0 Å². The van der Waals surface area contributed by atoms with E-state index in [1.54, 1.807) is 11.3 Å². The molecule has 1 saturated heterocycles. The summed E-state index contributed by atoms with van der Waals surface area (Å²) in [6.07, 6.45) is 5.79. The van der Waals surface area contributed by atoms with Gasteiger partial charge in [0.2, 0.25) is 10.1 Å². The Kier molecular flexibility index (Phi) is 1.99. The predicted molar refractivity (Wildman–Crippen MR) is 69.1 cm³/mol. The van der Waals surface area contributed by atoms with Crippen LogP contribution in [0, 0.1) is 6.92 Å². The number of hydrogen-bond donors (Lipinski definition) is 0. The average molecular weight is 260 g/mol. The fourth-order valence-corrected chi connectivity index (χ4v) is 3.15. The normalized spacial score (nSPS) is 16.4. The summed E-state index contributed by atoms with van der Waals surface area (Å²) in [7, 11) is 0. The van der Waals surface area contributed by atoms with Gasteiger partial charge >= 0.3 is 0 Å². The van der Waals surface area contributed by atoms with Crippen molar-refractivity contribution in [3.05, 3.63) is 30.4 Å². The number of rotatable bonds is 2. The highest BCUT2D eigenvalue weighted by atomic mass is 32.1. The van der Waals surface area contributed by atoms with E-state index in [1.807, 2.05) is 40.8 Å². The van der Waals surface area contributed by atoms with Crippen molar-refractivity contribution in [1.82, 2.24) is 24.4 Å². The van der Waals surface area contributed by atoms with Crippen LogP contribution in [0.15, 0.2) is 24.7 Å². The zero-order valence-electron chi connectivity index (χ0n) is 9.89. The van der Waals surface area contributed by atoms with Crippen LogP contribution in [-0.4, -0.2) is 37.5 Å². The van der Waals surface area contributed by atoms with Crippen LogP contribution in [-0.2, 0) is 0 Å². The van der Waals surface area contributed by atoms with Gasteiger partial charge in [-0.05, 0) is 13.0 Å². The first-order valence-corrected chi connectivity index (χ1v) is 6.68. The highest BCUT2D eigenvalue weighted by Crippen LogP contribution is 2.30. The standard InChI is InChI=1S/C11H12N6S/c1-8-5-17-10(13-8)18-11(14-17)15-6-9(7-15)16-4-2-3-12-16/h2-5,9H,6-7H2,1H3. The molecule has 0 amide bonds. The molecule has 7 heteroatoms. The molecule has 0 bridgehead atoms. The van der Waals surface area contributed by atoms with E-state index in [1.165, 1.54) is 0 Å². The van der Waals surface area contributed by atoms with Gasteiger partial charge in [-0.3, -0.25) is 4.68 Å². The van der Waals surface area contributed by atoms with Gasteiger partial charge in [-0.1, -0.05) is 11.3 Å². The molecule has 1 aliphatic heterocycles. The van der Waals surface area contributed by atoms with Gasteiger partial charge < -0.3 is 4.90 Å². The molecule has 3 aromatic rings. The van der Waals surface area contributed by atoms with E-state index in [-0.39, 0.29) is 0 Å². The average Bonchev–Trinajstić information content (AvgIpc) is 2.91. The minimum Gasteiger partial charge on any atom is -0.342 e. The number of anilines is 1. The van der Waals surface area contributed by atoms with Crippen LogP contribution in [0.2, 0.25) is 0 Å². The molecule has 0 atom stereocenters. The molecule has 0 radical (unpaired) electrons.